The largest absolute Gasteiger partial charge is 0.457 e. The van der Waals surface area contributed by atoms with Gasteiger partial charge in [0.1, 0.15) is 23.1 Å². The van der Waals surface area contributed by atoms with E-state index in [4.69, 9.17) is 16.2 Å². The molecule has 0 aliphatic rings. The lowest BCUT2D eigenvalue weighted by Gasteiger charge is -2.10. The van der Waals surface area contributed by atoms with Crippen LogP contribution in [0.3, 0.4) is 0 Å². The van der Waals surface area contributed by atoms with Crippen molar-refractivity contribution in [1.29, 1.82) is 0 Å². The Hall–Kier alpha value is -2.44. The van der Waals surface area contributed by atoms with Gasteiger partial charge in [0, 0.05) is 12.1 Å². The minimum Gasteiger partial charge on any atom is -0.457 e. The van der Waals surface area contributed by atoms with E-state index in [1.54, 1.807) is 0 Å². The highest BCUT2D eigenvalue weighted by molar-refractivity contribution is 5.48. The maximum Gasteiger partial charge on any atom is 0.416 e. The fraction of sp³-hybridized carbons (Fsp3) is 0.0833. The van der Waals surface area contributed by atoms with E-state index in [-0.39, 0.29) is 23.1 Å². The van der Waals surface area contributed by atoms with Crippen LogP contribution < -0.4 is 16.2 Å². The molecular weight excluding hydrogens is 259 g/mol. The molecule has 0 bridgehead atoms. The summed E-state index contributed by atoms with van der Waals surface area (Å²) in [6.07, 6.45) is -4.42. The van der Waals surface area contributed by atoms with Gasteiger partial charge in [0.25, 0.3) is 0 Å². The van der Waals surface area contributed by atoms with E-state index in [9.17, 15) is 13.2 Å². The van der Waals surface area contributed by atoms with E-state index in [0.717, 1.165) is 12.1 Å². The fourth-order valence-electron chi connectivity index (χ4n) is 1.48. The van der Waals surface area contributed by atoms with Crippen molar-refractivity contribution in [2.24, 2.45) is 0 Å². The fourth-order valence-corrected chi connectivity index (χ4v) is 1.48. The molecule has 0 aliphatic carbocycles. The minimum atomic E-state index is -4.42. The molecule has 19 heavy (non-hydrogen) atoms. The Labute approximate surface area is 106 Å². The maximum absolute atomic E-state index is 12.5. The summed E-state index contributed by atoms with van der Waals surface area (Å²) in [7, 11) is 0. The van der Waals surface area contributed by atoms with Crippen LogP contribution >= 0.6 is 0 Å². The van der Waals surface area contributed by atoms with Crippen LogP contribution in [0, 0.1) is 0 Å². The van der Waals surface area contributed by atoms with Crippen LogP contribution in [-0.2, 0) is 6.18 Å². The van der Waals surface area contributed by atoms with Crippen molar-refractivity contribution in [2.45, 2.75) is 6.18 Å². The van der Waals surface area contributed by atoms with Gasteiger partial charge in [0.05, 0.1) is 5.56 Å². The summed E-state index contributed by atoms with van der Waals surface area (Å²) in [5, 5.41) is 0. The van der Waals surface area contributed by atoms with Gasteiger partial charge < -0.3 is 16.2 Å². The molecule has 100 valence electrons. The molecule has 4 nitrogen and oxygen atoms in total. The Morgan fingerprint density at radius 3 is 2.16 bits per heavy atom. The first-order valence-corrected chi connectivity index (χ1v) is 5.23. The second kappa shape index (κ2) is 4.68. The quantitative estimate of drug-likeness (QED) is 0.878. The first-order chi connectivity index (χ1) is 8.84. The van der Waals surface area contributed by atoms with Crippen LogP contribution in [0.25, 0.3) is 0 Å². The number of hydrogen-bond donors (Lipinski definition) is 2. The number of benzene rings is 1. The lowest BCUT2D eigenvalue weighted by Crippen LogP contribution is -2.04. The Bertz CT molecular complexity index is 579. The predicted molar refractivity (Wildman–Crippen MR) is 64.6 cm³/mol. The number of aromatic nitrogens is 1. The monoisotopic (exact) mass is 269 g/mol. The van der Waals surface area contributed by atoms with E-state index in [2.05, 4.69) is 4.98 Å². The average molecular weight is 269 g/mol. The number of nitrogen functional groups attached to an aromatic ring is 2. The molecule has 4 N–H and O–H groups in total. The number of anilines is 2. The van der Waals surface area contributed by atoms with Crippen LogP contribution in [0.2, 0.25) is 0 Å². The molecule has 2 aromatic rings. The van der Waals surface area contributed by atoms with Crippen LogP contribution in [-0.4, -0.2) is 4.98 Å². The topological polar surface area (TPSA) is 74.2 Å². The molecule has 1 heterocycles. The average Bonchev–Trinajstić information content (AvgIpc) is 2.26. The third kappa shape index (κ3) is 3.27. The summed E-state index contributed by atoms with van der Waals surface area (Å²) in [5.41, 5.74) is 10.1. The number of nitrogens with two attached hydrogens (primary N) is 2. The number of hydrogen-bond acceptors (Lipinski definition) is 4. The molecule has 1 aromatic heterocycles. The van der Waals surface area contributed by atoms with Crippen molar-refractivity contribution >= 4 is 11.6 Å². The van der Waals surface area contributed by atoms with E-state index < -0.39 is 11.7 Å². The van der Waals surface area contributed by atoms with Crippen molar-refractivity contribution in [2.75, 3.05) is 11.5 Å². The molecule has 0 saturated carbocycles. The summed E-state index contributed by atoms with van der Waals surface area (Å²) < 4.78 is 42.9. The van der Waals surface area contributed by atoms with Gasteiger partial charge in [0.2, 0.25) is 0 Å². The van der Waals surface area contributed by atoms with Gasteiger partial charge in [-0.2, -0.15) is 13.2 Å². The van der Waals surface area contributed by atoms with Crippen molar-refractivity contribution < 1.29 is 17.9 Å². The number of alkyl halides is 3. The van der Waals surface area contributed by atoms with E-state index in [1.807, 2.05) is 0 Å². The highest BCUT2D eigenvalue weighted by atomic mass is 19.4. The number of pyridine rings is 1. The van der Waals surface area contributed by atoms with Crippen LogP contribution in [0.15, 0.2) is 36.4 Å². The zero-order valence-electron chi connectivity index (χ0n) is 9.61. The smallest absolute Gasteiger partial charge is 0.416 e. The zero-order valence-corrected chi connectivity index (χ0v) is 9.61. The van der Waals surface area contributed by atoms with Gasteiger partial charge in [-0.05, 0) is 18.2 Å². The van der Waals surface area contributed by atoms with Gasteiger partial charge in [-0.3, -0.25) is 0 Å². The van der Waals surface area contributed by atoms with E-state index in [0.29, 0.717) is 0 Å². The third-order valence-corrected chi connectivity index (χ3v) is 2.24. The molecule has 0 amide bonds. The molecule has 0 atom stereocenters. The lowest BCUT2D eigenvalue weighted by atomic mass is 10.2. The molecule has 0 radical (unpaired) electrons. The van der Waals surface area contributed by atoms with Gasteiger partial charge >= 0.3 is 6.18 Å². The minimum absolute atomic E-state index is 0.0415. The summed E-state index contributed by atoms with van der Waals surface area (Å²) in [6.45, 7) is 0. The number of halogens is 3. The van der Waals surface area contributed by atoms with Crippen molar-refractivity contribution in [3.05, 3.63) is 42.0 Å². The molecule has 2 rings (SSSR count). The molecule has 7 heteroatoms. The normalized spacial score (nSPS) is 11.3. The third-order valence-electron chi connectivity index (χ3n) is 2.24. The lowest BCUT2D eigenvalue weighted by molar-refractivity contribution is -0.137. The first-order valence-electron chi connectivity index (χ1n) is 5.23. The highest BCUT2D eigenvalue weighted by Gasteiger charge is 2.30. The second-order valence-electron chi connectivity index (χ2n) is 3.78. The molecule has 0 spiro atoms. The molecule has 0 saturated heterocycles. The maximum atomic E-state index is 12.5. The standard InChI is InChI=1S/C12H10F3N3O/c13-12(14,15)7-2-1-3-8(4-7)19-9-5-10(16)18-11(17)6-9/h1-6H,(H4,16,17,18). The van der Waals surface area contributed by atoms with E-state index in [1.165, 1.54) is 24.3 Å². The van der Waals surface area contributed by atoms with Gasteiger partial charge in [-0.15, -0.1) is 0 Å². The molecule has 0 aliphatic heterocycles. The number of ether oxygens (including phenoxy) is 1. The van der Waals surface area contributed by atoms with Crippen molar-refractivity contribution in [3.63, 3.8) is 0 Å². The number of nitrogens with zero attached hydrogens (tertiary/aromatic N) is 1. The van der Waals surface area contributed by atoms with Gasteiger partial charge in [0.15, 0.2) is 0 Å². The molecule has 0 fully saturated rings. The van der Waals surface area contributed by atoms with Gasteiger partial charge in [-0.25, -0.2) is 4.98 Å². The SMILES string of the molecule is Nc1cc(Oc2cccc(C(F)(F)F)c2)cc(N)n1. The Kier molecular flexibility index (Phi) is 3.20. The zero-order chi connectivity index (χ0) is 14.0. The molecule has 1 aromatic carbocycles. The van der Waals surface area contributed by atoms with Crippen molar-refractivity contribution in [1.82, 2.24) is 4.98 Å². The van der Waals surface area contributed by atoms with Crippen molar-refractivity contribution in [3.8, 4) is 11.5 Å². The molecular formula is C12H10F3N3O. The van der Waals surface area contributed by atoms with E-state index >= 15 is 0 Å². The predicted octanol–water partition coefficient (Wildman–Crippen LogP) is 3.06. The van der Waals surface area contributed by atoms with Crippen LogP contribution in [0.5, 0.6) is 11.5 Å². The second-order valence-corrected chi connectivity index (χ2v) is 3.78. The Morgan fingerprint density at radius 2 is 1.58 bits per heavy atom. The van der Waals surface area contributed by atoms with Gasteiger partial charge in [-0.1, -0.05) is 6.07 Å². The highest BCUT2D eigenvalue weighted by Crippen LogP contribution is 2.33. The Balaban J connectivity index is 2.28. The summed E-state index contributed by atoms with van der Waals surface area (Å²) in [4.78, 5) is 3.73. The Morgan fingerprint density at radius 1 is 0.947 bits per heavy atom. The first kappa shape index (κ1) is 13.0. The van der Waals surface area contributed by atoms with Crippen LogP contribution in [0.4, 0.5) is 24.8 Å². The molecule has 0 unspecified atom stereocenters. The summed E-state index contributed by atoms with van der Waals surface area (Å²) in [6, 6.07) is 7.26. The summed E-state index contributed by atoms with van der Waals surface area (Å²) >= 11 is 0. The van der Waals surface area contributed by atoms with Crippen LogP contribution in [0.1, 0.15) is 5.56 Å². The number of rotatable bonds is 2. The summed E-state index contributed by atoms with van der Waals surface area (Å²) in [5.74, 6) is 0.521.